The topological polar surface area (TPSA) is 9.23 Å². The van der Waals surface area contributed by atoms with Crippen molar-refractivity contribution < 1.29 is 4.74 Å². The average Bonchev–Trinajstić information content (AvgIpc) is 2.49. The van der Waals surface area contributed by atoms with Gasteiger partial charge in [0.05, 0.1) is 7.11 Å². The maximum atomic E-state index is 6.25. The molecule has 0 bridgehead atoms. The van der Waals surface area contributed by atoms with Crippen LogP contribution in [0.1, 0.15) is 11.1 Å². The third kappa shape index (κ3) is 4.00. The molecule has 0 spiro atoms. The molecule has 0 saturated heterocycles. The second-order valence-electron chi connectivity index (χ2n) is 4.83. The van der Waals surface area contributed by atoms with E-state index in [1.807, 2.05) is 30.3 Å². The molecule has 2 aromatic rings. The number of ether oxygens (including phenoxy) is 1. The number of alkyl halides is 1. The molecular formula is C17H18BrClO. The second-order valence-corrected chi connectivity index (χ2v) is 5.89. The third-order valence-corrected chi connectivity index (χ3v) is 4.67. The first-order chi connectivity index (χ1) is 9.74. The van der Waals surface area contributed by atoms with Crippen LogP contribution in [0.4, 0.5) is 0 Å². The lowest BCUT2D eigenvalue weighted by Crippen LogP contribution is -2.11. The van der Waals surface area contributed by atoms with Crippen molar-refractivity contribution in [3.05, 3.63) is 64.7 Å². The zero-order valence-corrected chi connectivity index (χ0v) is 13.8. The van der Waals surface area contributed by atoms with Gasteiger partial charge in [-0.2, -0.15) is 0 Å². The average molecular weight is 354 g/mol. The maximum absolute atomic E-state index is 6.25. The van der Waals surface area contributed by atoms with Gasteiger partial charge in [-0.25, -0.2) is 0 Å². The maximum Gasteiger partial charge on any atom is 0.122 e. The number of methoxy groups -OCH3 is 1. The molecule has 0 heterocycles. The normalized spacial score (nSPS) is 12.2. The minimum Gasteiger partial charge on any atom is -0.496 e. The monoisotopic (exact) mass is 352 g/mol. The zero-order chi connectivity index (χ0) is 14.4. The minimum atomic E-state index is 0.492. The van der Waals surface area contributed by atoms with Gasteiger partial charge in [-0.1, -0.05) is 63.9 Å². The number of hydrogen-bond acceptors (Lipinski definition) is 1. The fourth-order valence-corrected chi connectivity index (χ4v) is 3.01. The van der Waals surface area contributed by atoms with Gasteiger partial charge in [-0.3, -0.25) is 0 Å². The van der Waals surface area contributed by atoms with Gasteiger partial charge in [0.1, 0.15) is 5.75 Å². The first-order valence-electron chi connectivity index (χ1n) is 6.66. The number of benzene rings is 2. The Morgan fingerprint density at radius 3 is 2.25 bits per heavy atom. The van der Waals surface area contributed by atoms with E-state index >= 15 is 0 Å². The molecular weight excluding hydrogens is 336 g/mol. The Morgan fingerprint density at radius 2 is 1.60 bits per heavy atom. The summed E-state index contributed by atoms with van der Waals surface area (Å²) in [4.78, 5) is 0. The van der Waals surface area contributed by atoms with Crippen molar-refractivity contribution in [2.75, 3.05) is 12.4 Å². The van der Waals surface area contributed by atoms with Gasteiger partial charge in [0.15, 0.2) is 0 Å². The van der Waals surface area contributed by atoms with E-state index in [9.17, 15) is 0 Å². The molecule has 1 unspecified atom stereocenters. The molecule has 0 radical (unpaired) electrons. The van der Waals surface area contributed by atoms with Crippen LogP contribution in [0.25, 0.3) is 0 Å². The lowest BCUT2D eigenvalue weighted by molar-refractivity contribution is 0.406. The molecule has 0 fully saturated rings. The summed E-state index contributed by atoms with van der Waals surface area (Å²) in [6.07, 6.45) is 1.93. The molecule has 106 valence electrons. The highest BCUT2D eigenvalue weighted by Crippen LogP contribution is 2.26. The third-order valence-electron chi connectivity index (χ3n) is 3.39. The molecule has 0 aliphatic carbocycles. The van der Waals surface area contributed by atoms with E-state index in [1.54, 1.807) is 7.11 Å². The molecule has 2 aromatic carbocycles. The van der Waals surface area contributed by atoms with Crippen molar-refractivity contribution in [1.82, 2.24) is 0 Å². The number of hydrogen-bond donors (Lipinski definition) is 0. The van der Waals surface area contributed by atoms with E-state index in [0.717, 1.165) is 28.9 Å². The summed E-state index contributed by atoms with van der Waals surface area (Å²) in [5.41, 5.74) is 2.44. The van der Waals surface area contributed by atoms with Crippen molar-refractivity contribution in [2.24, 2.45) is 5.92 Å². The molecule has 1 nitrogen and oxygen atoms in total. The van der Waals surface area contributed by atoms with Crippen molar-refractivity contribution in [3.63, 3.8) is 0 Å². The van der Waals surface area contributed by atoms with Crippen LogP contribution in [0.3, 0.4) is 0 Å². The smallest absolute Gasteiger partial charge is 0.122 e. The lowest BCUT2D eigenvalue weighted by atomic mass is 9.94. The highest BCUT2D eigenvalue weighted by atomic mass is 79.9. The first-order valence-corrected chi connectivity index (χ1v) is 8.15. The Morgan fingerprint density at radius 1 is 1.00 bits per heavy atom. The molecule has 0 saturated carbocycles. The summed E-state index contributed by atoms with van der Waals surface area (Å²) in [5.74, 6) is 1.45. The lowest BCUT2D eigenvalue weighted by Gasteiger charge is -2.17. The van der Waals surface area contributed by atoms with Crippen molar-refractivity contribution in [1.29, 1.82) is 0 Å². The van der Waals surface area contributed by atoms with Gasteiger partial charge in [0.25, 0.3) is 0 Å². The standard InChI is InChI=1S/C17H18BrClO/c1-20-17-9-5-3-7-15(17)11-13(12-18)10-14-6-2-4-8-16(14)19/h2-9,13H,10-12H2,1H3. The van der Waals surface area contributed by atoms with Crippen LogP contribution in [0.15, 0.2) is 48.5 Å². The highest BCUT2D eigenvalue weighted by Gasteiger charge is 2.13. The van der Waals surface area contributed by atoms with Gasteiger partial charge in [-0.05, 0) is 42.0 Å². The molecule has 0 aromatic heterocycles. The van der Waals surface area contributed by atoms with Gasteiger partial charge in [-0.15, -0.1) is 0 Å². The summed E-state index contributed by atoms with van der Waals surface area (Å²) in [6.45, 7) is 0. The van der Waals surface area contributed by atoms with E-state index < -0.39 is 0 Å². The fraction of sp³-hybridized carbons (Fsp3) is 0.294. The second kappa shape index (κ2) is 7.70. The van der Waals surface area contributed by atoms with Gasteiger partial charge >= 0.3 is 0 Å². The summed E-state index contributed by atoms with van der Waals surface area (Å²) >= 11 is 9.86. The van der Waals surface area contributed by atoms with Gasteiger partial charge < -0.3 is 4.74 Å². The van der Waals surface area contributed by atoms with Crippen LogP contribution >= 0.6 is 27.5 Å². The van der Waals surface area contributed by atoms with Crippen LogP contribution in [0, 0.1) is 5.92 Å². The van der Waals surface area contributed by atoms with Gasteiger partial charge in [0.2, 0.25) is 0 Å². The number of para-hydroxylation sites is 1. The molecule has 0 amide bonds. The molecule has 3 heteroatoms. The van der Waals surface area contributed by atoms with Crippen molar-refractivity contribution >= 4 is 27.5 Å². The molecule has 0 N–H and O–H groups in total. The Labute approximate surface area is 134 Å². The van der Waals surface area contributed by atoms with Crippen LogP contribution < -0.4 is 4.74 Å². The van der Waals surface area contributed by atoms with Crippen LogP contribution in [-0.2, 0) is 12.8 Å². The SMILES string of the molecule is COc1ccccc1CC(CBr)Cc1ccccc1Cl. The number of halogens is 2. The van der Waals surface area contributed by atoms with E-state index in [-0.39, 0.29) is 0 Å². The van der Waals surface area contributed by atoms with E-state index in [2.05, 4.69) is 34.1 Å². The fourth-order valence-electron chi connectivity index (χ4n) is 2.34. The molecule has 20 heavy (non-hydrogen) atoms. The largest absolute Gasteiger partial charge is 0.496 e. The Hall–Kier alpha value is -0.990. The van der Waals surface area contributed by atoms with Crippen LogP contribution in [-0.4, -0.2) is 12.4 Å². The summed E-state index contributed by atoms with van der Waals surface area (Å²) in [6, 6.07) is 16.2. The molecule has 0 aliphatic heterocycles. The Bertz CT molecular complexity index is 556. The van der Waals surface area contributed by atoms with E-state index in [0.29, 0.717) is 5.92 Å². The molecule has 0 aliphatic rings. The zero-order valence-electron chi connectivity index (χ0n) is 11.5. The Balaban J connectivity index is 2.11. The summed E-state index contributed by atoms with van der Waals surface area (Å²) in [7, 11) is 1.72. The molecule has 2 rings (SSSR count). The Kier molecular flexibility index (Phi) is 5.93. The first kappa shape index (κ1) is 15.4. The van der Waals surface area contributed by atoms with E-state index in [4.69, 9.17) is 16.3 Å². The summed E-state index contributed by atoms with van der Waals surface area (Å²) in [5, 5.41) is 1.79. The van der Waals surface area contributed by atoms with Crippen molar-refractivity contribution in [3.8, 4) is 5.75 Å². The van der Waals surface area contributed by atoms with Gasteiger partial charge in [0, 0.05) is 10.4 Å². The number of rotatable bonds is 6. The van der Waals surface area contributed by atoms with E-state index in [1.165, 1.54) is 11.1 Å². The summed E-state index contributed by atoms with van der Waals surface area (Å²) < 4.78 is 5.42. The molecule has 1 atom stereocenters. The minimum absolute atomic E-state index is 0.492. The predicted molar refractivity (Wildman–Crippen MR) is 89.1 cm³/mol. The van der Waals surface area contributed by atoms with Crippen molar-refractivity contribution in [2.45, 2.75) is 12.8 Å². The van der Waals surface area contributed by atoms with Crippen LogP contribution in [0.2, 0.25) is 5.02 Å². The quantitative estimate of drug-likeness (QED) is 0.653. The highest BCUT2D eigenvalue weighted by molar-refractivity contribution is 9.09. The predicted octanol–water partition coefficient (Wildman–Crippen LogP) is 5.14. The van der Waals surface area contributed by atoms with Crippen LogP contribution in [0.5, 0.6) is 5.75 Å².